The minimum Gasteiger partial charge on any atom is -0.483 e. The van der Waals surface area contributed by atoms with Gasteiger partial charge in [0.25, 0.3) is 5.91 Å². The molecule has 24 heavy (non-hydrogen) atoms. The summed E-state index contributed by atoms with van der Waals surface area (Å²) >= 11 is 0. The van der Waals surface area contributed by atoms with Gasteiger partial charge < -0.3 is 14.8 Å². The number of hydrogen-bond acceptors (Lipinski definition) is 4. The van der Waals surface area contributed by atoms with E-state index in [0.29, 0.717) is 17.0 Å². The van der Waals surface area contributed by atoms with Gasteiger partial charge in [0.15, 0.2) is 6.61 Å². The Kier molecular flexibility index (Phi) is 5.58. The van der Waals surface area contributed by atoms with Crippen LogP contribution in [0, 0.1) is 20.8 Å². The normalized spacial score (nSPS) is 10.2. The van der Waals surface area contributed by atoms with E-state index in [4.69, 9.17) is 4.74 Å². The van der Waals surface area contributed by atoms with E-state index in [1.54, 1.807) is 18.2 Å². The highest BCUT2D eigenvalue weighted by Crippen LogP contribution is 2.20. The Labute approximate surface area is 141 Å². The third-order valence-corrected chi connectivity index (χ3v) is 3.64. The molecule has 0 aliphatic rings. The third-order valence-electron chi connectivity index (χ3n) is 3.64. The number of carbonyl (C=O) groups excluding carboxylic acids is 2. The van der Waals surface area contributed by atoms with Crippen LogP contribution in [0.25, 0.3) is 0 Å². The highest BCUT2D eigenvalue weighted by Gasteiger charge is 2.11. The topological polar surface area (TPSA) is 64.6 Å². The fourth-order valence-corrected chi connectivity index (χ4v) is 2.19. The standard InChI is InChI=1S/C19H21NO4/c1-12-5-6-14(3)17(9-12)24-11-18(21)20-16-10-15(19(22)23-4)8-7-13(16)2/h5-10H,11H2,1-4H3,(H,20,21). The first-order valence-electron chi connectivity index (χ1n) is 7.59. The van der Waals surface area contributed by atoms with Crippen molar-refractivity contribution in [2.24, 2.45) is 0 Å². The van der Waals surface area contributed by atoms with Crippen molar-refractivity contribution in [2.45, 2.75) is 20.8 Å². The predicted octanol–water partition coefficient (Wildman–Crippen LogP) is 3.42. The third kappa shape index (κ3) is 4.35. The maximum atomic E-state index is 12.1. The number of rotatable bonds is 5. The van der Waals surface area contributed by atoms with Crippen LogP contribution in [0.15, 0.2) is 36.4 Å². The van der Waals surface area contributed by atoms with E-state index in [-0.39, 0.29) is 12.5 Å². The summed E-state index contributed by atoms with van der Waals surface area (Å²) in [6.45, 7) is 5.64. The first kappa shape index (κ1) is 17.5. The SMILES string of the molecule is COC(=O)c1ccc(C)c(NC(=O)COc2cc(C)ccc2C)c1. The molecule has 0 aliphatic carbocycles. The largest absolute Gasteiger partial charge is 0.483 e. The highest BCUT2D eigenvalue weighted by atomic mass is 16.5. The maximum Gasteiger partial charge on any atom is 0.337 e. The molecule has 126 valence electrons. The number of anilines is 1. The van der Waals surface area contributed by atoms with Crippen molar-refractivity contribution < 1.29 is 19.1 Å². The van der Waals surface area contributed by atoms with Crippen LogP contribution in [0.1, 0.15) is 27.0 Å². The molecule has 0 saturated carbocycles. The van der Waals surface area contributed by atoms with Crippen LogP contribution in [-0.4, -0.2) is 25.6 Å². The average Bonchev–Trinajstić information content (AvgIpc) is 2.57. The second-order valence-electron chi connectivity index (χ2n) is 5.63. The van der Waals surface area contributed by atoms with Gasteiger partial charge in [-0.1, -0.05) is 18.2 Å². The zero-order chi connectivity index (χ0) is 17.7. The zero-order valence-electron chi connectivity index (χ0n) is 14.3. The molecule has 0 bridgehead atoms. The van der Waals surface area contributed by atoms with Crippen LogP contribution in [0.5, 0.6) is 5.75 Å². The van der Waals surface area contributed by atoms with Crippen molar-refractivity contribution in [1.82, 2.24) is 0 Å². The highest BCUT2D eigenvalue weighted by molar-refractivity contribution is 5.95. The van der Waals surface area contributed by atoms with Gasteiger partial charge in [0, 0.05) is 5.69 Å². The minimum absolute atomic E-state index is 0.105. The number of carbonyl (C=O) groups is 2. The molecule has 0 heterocycles. The van der Waals surface area contributed by atoms with Crippen LogP contribution in [0.2, 0.25) is 0 Å². The van der Waals surface area contributed by atoms with Gasteiger partial charge in [-0.15, -0.1) is 0 Å². The first-order valence-corrected chi connectivity index (χ1v) is 7.59. The Balaban J connectivity index is 2.04. The van der Waals surface area contributed by atoms with Gasteiger partial charge in [-0.2, -0.15) is 0 Å². The van der Waals surface area contributed by atoms with E-state index < -0.39 is 5.97 Å². The molecular formula is C19H21NO4. The Morgan fingerprint density at radius 1 is 1.00 bits per heavy atom. The molecule has 5 heteroatoms. The molecule has 0 saturated heterocycles. The van der Waals surface area contributed by atoms with Crippen LogP contribution < -0.4 is 10.1 Å². The van der Waals surface area contributed by atoms with Crippen LogP contribution in [0.3, 0.4) is 0 Å². The summed E-state index contributed by atoms with van der Waals surface area (Å²) in [5.74, 6) is -0.0525. The molecule has 0 aromatic heterocycles. The predicted molar refractivity (Wildman–Crippen MR) is 92.6 cm³/mol. The number of methoxy groups -OCH3 is 1. The fourth-order valence-electron chi connectivity index (χ4n) is 2.19. The molecule has 2 aromatic rings. The number of esters is 1. The summed E-state index contributed by atoms with van der Waals surface area (Å²) < 4.78 is 10.3. The molecule has 0 unspecified atom stereocenters. The molecule has 5 nitrogen and oxygen atoms in total. The maximum absolute atomic E-state index is 12.1. The van der Waals surface area contributed by atoms with Gasteiger partial charge in [-0.05, 0) is 55.7 Å². The van der Waals surface area contributed by atoms with Crippen LogP contribution >= 0.6 is 0 Å². The lowest BCUT2D eigenvalue weighted by Gasteiger charge is -2.12. The lowest BCUT2D eigenvalue weighted by molar-refractivity contribution is -0.118. The van der Waals surface area contributed by atoms with E-state index in [0.717, 1.165) is 16.7 Å². The van der Waals surface area contributed by atoms with E-state index in [1.807, 2.05) is 39.0 Å². The fraction of sp³-hybridized carbons (Fsp3) is 0.263. The Hall–Kier alpha value is -2.82. The second-order valence-corrected chi connectivity index (χ2v) is 5.63. The lowest BCUT2D eigenvalue weighted by atomic mass is 10.1. The molecule has 0 fully saturated rings. The smallest absolute Gasteiger partial charge is 0.337 e. The van der Waals surface area contributed by atoms with Crippen molar-refractivity contribution in [3.05, 3.63) is 58.7 Å². The summed E-state index contributed by atoms with van der Waals surface area (Å²) in [4.78, 5) is 23.7. The van der Waals surface area contributed by atoms with Gasteiger partial charge in [0.05, 0.1) is 12.7 Å². The van der Waals surface area contributed by atoms with Gasteiger partial charge >= 0.3 is 5.97 Å². The number of nitrogens with one attached hydrogen (secondary N) is 1. The summed E-state index contributed by atoms with van der Waals surface area (Å²) in [5.41, 5.74) is 3.83. The quantitative estimate of drug-likeness (QED) is 0.855. The number of aryl methyl sites for hydroxylation is 3. The molecule has 0 radical (unpaired) electrons. The van der Waals surface area contributed by atoms with Crippen molar-refractivity contribution in [1.29, 1.82) is 0 Å². The molecule has 0 aliphatic heterocycles. The van der Waals surface area contributed by atoms with Gasteiger partial charge in [0.2, 0.25) is 0 Å². The van der Waals surface area contributed by atoms with E-state index in [1.165, 1.54) is 7.11 Å². The average molecular weight is 327 g/mol. The zero-order valence-corrected chi connectivity index (χ0v) is 14.3. The number of benzene rings is 2. The van der Waals surface area contributed by atoms with Gasteiger partial charge in [0.1, 0.15) is 5.75 Å². The Morgan fingerprint density at radius 3 is 2.42 bits per heavy atom. The second kappa shape index (κ2) is 7.64. The van der Waals surface area contributed by atoms with Gasteiger partial charge in [-0.25, -0.2) is 4.79 Å². The summed E-state index contributed by atoms with van der Waals surface area (Å²) in [5, 5.41) is 2.76. The number of amides is 1. The molecular weight excluding hydrogens is 306 g/mol. The minimum atomic E-state index is -0.447. The molecule has 2 aromatic carbocycles. The first-order chi connectivity index (χ1) is 11.4. The Morgan fingerprint density at radius 2 is 1.71 bits per heavy atom. The number of hydrogen-bond donors (Lipinski definition) is 1. The Bertz CT molecular complexity index is 768. The summed E-state index contributed by atoms with van der Waals surface area (Å²) in [7, 11) is 1.32. The monoisotopic (exact) mass is 327 g/mol. The van der Waals surface area contributed by atoms with E-state index in [2.05, 4.69) is 10.1 Å². The van der Waals surface area contributed by atoms with Crippen molar-refractivity contribution in [3.63, 3.8) is 0 Å². The van der Waals surface area contributed by atoms with Gasteiger partial charge in [-0.3, -0.25) is 4.79 Å². The molecule has 1 N–H and O–H groups in total. The summed E-state index contributed by atoms with van der Waals surface area (Å²) in [6, 6.07) is 10.8. The molecule has 1 amide bonds. The van der Waals surface area contributed by atoms with E-state index in [9.17, 15) is 9.59 Å². The van der Waals surface area contributed by atoms with Crippen LogP contribution in [-0.2, 0) is 9.53 Å². The summed E-state index contributed by atoms with van der Waals surface area (Å²) in [6.07, 6.45) is 0. The molecule has 2 rings (SSSR count). The van der Waals surface area contributed by atoms with E-state index >= 15 is 0 Å². The molecule has 0 spiro atoms. The molecule has 0 atom stereocenters. The number of ether oxygens (including phenoxy) is 2. The van der Waals surface area contributed by atoms with Crippen LogP contribution in [0.4, 0.5) is 5.69 Å². The van der Waals surface area contributed by atoms with Crippen molar-refractivity contribution >= 4 is 17.6 Å². The van der Waals surface area contributed by atoms with Crippen molar-refractivity contribution in [3.8, 4) is 5.75 Å². The van der Waals surface area contributed by atoms with Crippen molar-refractivity contribution in [2.75, 3.05) is 19.0 Å². The lowest BCUT2D eigenvalue weighted by Crippen LogP contribution is -2.21.